The molecule has 0 saturated carbocycles. The van der Waals surface area contributed by atoms with E-state index in [1.165, 1.54) is 6.92 Å². The number of rotatable bonds is 10. The Bertz CT molecular complexity index is 1200. The minimum absolute atomic E-state index is 0.129. The third-order valence-electron chi connectivity index (χ3n) is 5.62. The quantitative estimate of drug-likeness (QED) is 0.405. The molecular formula is C25H26N4O5S. The highest BCUT2D eigenvalue weighted by Gasteiger charge is 2.22. The number of hydrogen-bond donors (Lipinski definition) is 2. The molecule has 1 aliphatic rings. The maximum absolute atomic E-state index is 12.9. The van der Waals surface area contributed by atoms with Gasteiger partial charge in [0.2, 0.25) is 5.88 Å². The van der Waals surface area contributed by atoms with Gasteiger partial charge in [-0.2, -0.15) is 4.37 Å². The summed E-state index contributed by atoms with van der Waals surface area (Å²) in [6.07, 6.45) is 5.21. The van der Waals surface area contributed by atoms with E-state index in [2.05, 4.69) is 19.0 Å². The van der Waals surface area contributed by atoms with Crippen molar-refractivity contribution in [2.75, 3.05) is 6.54 Å². The van der Waals surface area contributed by atoms with Crippen LogP contribution in [0.1, 0.15) is 47.8 Å². The molecule has 2 heterocycles. The molecule has 0 aliphatic heterocycles. The van der Waals surface area contributed by atoms with Gasteiger partial charge in [-0.05, 0) is 43.9 Å². The fourth-order valence-corrected chi connectivity index (χ4v) is 4.19. The van der Waals surface area contributed by atoms with Crippen LogP contribution in [-0.4, -0.2) is 49.5 Å². The number of aliphatic carboxylic acids is 1. The van der Waals surface area contributed by atoms with Gasteiger partial charge in [-0.3, -0.25) is 4.79 Å². The Hall–Kier alpha value is -3.63. The van der Waals surface area contributed by atoms with Crippen LogP contribution >= 0.6 is 11.7 Å². The molecule has 3 aromatic rings. The number of nitrogens with zero attached hydrogens (tertiary/aromatic N) is 3. The Kier molecular flexibility index (Phi) is 8.17. The second-order valence-electron chi connectivity index (χ2n) is 8.19. The molecule has 0 fully saturated rings. The predicted molar refractivity (Wildman–Crippen MR) is 130 cm³/mol. The Morgan fingerprint density at radius 1 is 1.17 bits per heavy atom. The third kappa shape index (κ3) is 6.71. The highest BCUT2D eigenvalue weighted by molar-refractivity contribution is 6.99. The number of aromatic nitrogens is 3. The third-order valence-corrected chi connectivity index (χ3v) is 6.17. The number of pyridine rings is 1. The molecule has 1 aliphatic carbocycles. The van der Waals surface area contributed by atoms with Crippen molar-refractivity contribution in [3.63, 3.8) is 0 Å². The van der Waals surface area contributed by atoms with E-state index in [-0.39, 0.29) is 17.9 Å². The lowest BCUT2D eigenvalue weighted by Gasteiger charge is -2.24. The molecule has 9 nitrogen and oxygen atoms in total. The van der Waals surface area contributed by atoms with E-state index in [0.29, 0.717) is 42.9 Å². The molecule has 0 radical (unpaired) electrons. The molecule has 4 rings (SSSR count). The van der Waals surface area contributed by atoms with Gasteiger partial charge >= 0.3 is 5.97 Å². The number of benzene rings is 1. The number of amides is 1. The molecule has 35 heavy (non-hydrogen) atoms. The predicted octanol–water partition coefficient (Wildman–Crippen LogP) is 4.01. The first kappa shape index (κ1) is 24.5. The van der Waals surface area contributed by atoms with Crippen LogP contribution in [0.25, 0.3) is 0 Å². The Morgan fingerprint density at radius 2 is 2.00 bits per heavy atom. The van der Waals surface area contributed by atoms with Crippen molar-refractivity contribution in [1.82, 2.24) is 19.0 Å². The standard InChI is InChI=1S/C25H26N4O5S/c1-16(25(31)32)33-19-11-9-18(10-12-19)15-27-22(30)20-8-5-13-26-23(20)34-24-21(28-35-29-24)14-17-6-3-2-4-7-17/h2-9,13,16,19H,10-12,14-15H2,1H3,(H,27,30)(H,31,32)/t16-,19?/m1/s1. The summed E-state index contributed by atoms with van der Waals surface area (Å²) in [7, 11) is 0. The van der Waals surface area contributed by atoms with Crippen molar-refractivity contribution in [2.24, 2.45) is 0 Å². The van der Waals surface area contributed by atoms with Gasteiger partial charge in [0.25, 0.3) is 11.8 Å². The van der Waals surface area contributed by atoms with Crippen molar-refractivity contribution in [3.8, 4) is 11.8 Å². The first-order valence-electron chi connectivity index (χ1n) is 11.3. The second-order valence-corrected chi connectivity index (χ2v) is 8.72. The van der Waals surface area contributed by atoms with Gasteiger partial charge in [-0.25, -0.2) is 9.78 Å². The molecule has 2 atom stereocenters. The maximum Gasteiger partial charge on any atom is 0.332 e. The summed E-state index contributed by atoms with van der Waals surface area (Å²) in [5, 5.41) is 11.9. The molecule has 1 aromatic carbocycles. The zero-order valence-electron chi connectivity index (χ0n) is 19.2. The van der Waals surface area contributed by atoms with Crippen LogP contribution < -0.4 is 10.1 Å². The topological polar surface area (TPSA) is 124 Å². The molecule has 10 heteroatoms. The summed E-state index contributed by atoms with van der Waals surface area (Å²) in [5.41, 5.74) is 3.13. The van der Waals surface area contributed by atoms with E-state index in [1.54, 1.807) is 18.3 Å². The zero-order chi connectivity index (χ0) is 24.6. The number of carbonyl (C=O) groups is 2. The number of carboxylic acid groups (broad SMARTS) is 1. The molecule has 2 aromatic heterocycles. The van der Waals surface area contributed by atoms with Crippen LogP contribution in [0.4, 0.5) is 0 Å². The summed E-state index contributed by atoms with van der Waals surface area (Å²) in [6.45, 7) is 1.91. The number of ether oxygens (including phenoxy) is 2. The highest BCUT2D eigenvalue weighted by Crippen LogP contribution is 2.27. The summed E-state index contributed by atoms with van der Waals surface area (Å²) >= 11 is 1.05. The van der Waals surface area contributed by atoms with Crippen molar-refractivity contribution in [1.29, 1.82) is 0 Å². The molecular weight excluding hydrogens is 468 g/mol. The van der Waals surface area contributed by atoms with Crippen LogP contribution in [0, 0.1) is 0 Å². The largest absolute Gasteiger partial charge is 0.479 e. The summed E-state index contributed by atoms with van der Waals surface area (Å²) in [4.78, 5) is 28.1. The molecule has 1 unspecified atom stereocenters. The Balaban J connectivity index is 1.36. The van der Waals surface area contributed by atoms with E-state index in [9.17, 15) is 9.59 Å². The first-order chi connectivity index (χ1) is 17.0. The van der Waals surface area contributed by atoms with Gasteiger partial charge in [-0.15, -0.1) is 4.37 Å². The van der Waals surface area contributed by atoms with Gasteiger partial charge < -0.3 is 19.9 Å². The maximum atomic E-state index is 12.9. The number of hydrogen-bond acceptors (Lipinski definition) is 8. The normalized spacial score (nSPS) is 16.3. The van der Waals surface area contributed by atoms with Gasteiger partial charge in [0.05, 0.1) is 17.8 Å². The van der Waals surface area contributed by atoms with Gasteiger partial charge in [0, 0.05) is 19.2 Å². The summed E-state index contributed by atoms with van der Waals surface area (Å²) in [6, 6.07) is 13.2. The van der Waals surface area contributed by atoms with Gasteiger partial charge in [0.15, 0.2) is 6.10 Å². The van der Waals surface area contributed by atoms with Crippen LogP contribution in [0.3, 0.4) is 0 Å². The van der Waals surface area contributed by atoms with Gasteiger partial charge in [0.1, 0.15) is 11.3 Å². The Morgan fingerprint density at radius 3 is 2.74 bits per heavy atom. The van der Waals surface area contributed by atoms with E-state index < -0.39 is 12.1 Å². The first-order valence-corrected chi connectivity index (χ1v) is 12.0. The minimum atomic E-state index is -0.970. The lowest BCUT2D eigenvalue weighted by atomic mass is 9.97. The molecule has 0 bridgehead atoms. The smallest absolute Gasteiger partial charge is 0.332 e. The average Bonchev–Trinajstić information content (AvgIpc) is 3.30. The number of carbonyl (C=O) groups excluding carboxylic acids is 1. The molecule has 182 valence electrons. The zero-order valence-corrected chi connectivity index (χ0v) is 20.0. The fraction of sp³-hybridized carbons (Fsp3) is 0.320. The van der Waals surface area contributed by atoms with Crippen LogP contribution in [0.2, 0.25) is 0 Å². The van der Waals surface area contributed by atoms with Crippen molar-refractivity contribution in [3.05, 3.63) is 77.1 Å². The van der Waals surface area contributed by atoms with E-state index in [0.717, 1.165) is 29.3 Å². The fourth-order valence-electron chi connectivity index (χ4n) is 3.69. The van der Waals surface area contributed by atoms with Crippen molar-refractivity contribution in [2.45, 2.75) is 44.8 Å². The van der Waals surface area contributed by atoms with Crippen molar-refractivity contribution < 1.29 is 24.2 Å². The SMILES string of the molecule is C[C@@H](OC1CC=C(CNC(=O)c2cccnc2Oc2nsnc2Cc2ccccc2)CC1)C(=O)O. The monoisotopic (exact) mass is 494 g/mol. The molecule has 1 amide bonds. The summed E-state index contributed by atoms with van der Waals surface area (Å²) < 4.78 is 20.0. The lowest BCUT2D eigenvalue weighted by Crippen LogP contribution is -2.30. The summed E-state index contributed by atoms with van der Waals surface area (Å²) in [5.74, 6) is -0.772. The molecule has 0 saturated heterocycles. The van der Waals surface area contributed by atoms with Gasteiger partial charge in [-0.1, -0.05) is 42.0 Å². The number of nitrogens with one attached hydrogen (secondary N) is 1. The average molecular weight is 495 g/mol. The van der Waals surface area contributed by atoms with E-state index in [4.69, 9.17) is 14.6 Å². The number of carboxylic acids is 1. The second kappa shape index (κ2) is 11.7. The van der Waals surface area contributed by atoms with E-state index in [1.807, 2.05) is 36.4 Å². The van der Waals surface area contributed by atoms with E-state index >= 15 is 0 Å². The Labute approximate surface area is 207 Å². The van der Waals surface area contributed by atoms with Crippen LogP contribution in [0.15, 0.2) is 60.3 Å². The minimum Gasteiger partial charge on any atom is -0.479 e. The molecule has 0 spiro atoms. The molecule has 2 N–H and O–H groups in total. The highest BCUT2D eigenvalue weighted by atomic mass is 32.1. The van der Waals surface area contributed by atoms with Crippen LogP contribution in [0.5, 0.6) is 11.8 Å². The van der Waals surface area contributed by atoms with Crippen LogP contribution in [-0.2, 0) is 16.0 Å². The van der Waals surface area contributed by atoms with Crippen molar-refractivity contribution >= 4 is 23.6 Å². The lowest BCUT2D eigenvalue weighted by molar-refractivity contribution is -0.153.